The number of benzene rings is 1. The van der Waals surface area contributed by atoms with E-state index in [1.54, 1.807) is 26.7 Å². The average Bonchev–Trinajstić information content (AvgIpc) is 3.51. The Bertz CT molecular complexity index is 1390. The molecule has 1 saturated carbocycles. The predicted molar refractivity (Wildman–Crippen MR) is 136 cm³/mol. The van der Waals surface area contributed by atoms with E-state index >= 15 is 0 Å². The first-order valence-corrected chi connectivity index (χ1v) is 12.6. The van der Waals surface area contributed by atoms with E-state index in [2.05, 4.69) is 11.2 Å². The Labute approximate surface area is 219 Å². The molecule has 1 saturated heterocycles. The van der Waals surface area contributed by atoms with Crippen molar-refractivity contribution in [1.82, 2.24) is 24.5 Å². The molecule has 1 spiro atoms. The topological polar surface area (TPSA) is 115 Å². The van der Waals surface area contributed by atoms with Gasteiger partial charge in [-0.15, -0.1) is 0 Å². The number of amides is 1. The van der Waals surface area contributed by atoms with Gasteiger partial charge in [-0.2, -0.15) is 15.5 Å². The van der Waals surface area contributed by atoms with Crippen molar-refractivity contribution in [2.24, 2.45) is 5.41 Å². The number of anilines is 1. The van der Waals surface area contributed by atoms with Gasteiger partial charge >= 0.3 is 6.09 Å². The zero-order chi connectivity index (χ0) is 26.5. The molecular weight excluding hydrogens is 497 g/mol. The van der Waals surface area contributed by atoms with E-state index in [1.807, 2.05) is 20.8 Å². The second kappa shape index (κ2) is 9.06. The highest BCUT2D eigenvalue weighted by Gasteiger charge is 2.51. The number of ether oxygens (including phenoxy) is 1. The van der Waals surface area contributed by atoms with Crippen LogP contribution in [-0.2, 0) is 11.3 Å². The Morgan fingerprint density at radius 1 is 1.38 bits per heavy atom. The van der Waals surface area contributed by atoms with Crippen LogP contribution in [0.5, 0.6) is 0 Å². The summed E-state index contributed by atoms with van der Waals surface area (Å²) in [5, 5.41) is 19.3. The number of hydrogen-bond donors (Lipinski definition) is 1. The number of nitriles is 1. The minimum atomic E-state index is -0.528. The number of halogens is 2. The number of nitrogen functional groups attached to an aromatic ring is 1. The van der Waals surface area contributed by atoms with Crippen molar-refractivity contribution >= 4 is 23.5 Å². The van der Waals surface area contributed by atoms with Crippen LogP contribution < -0.4 is 5.73 Å². The Kier molecular flexibility index (Phi) is 6.15. The van der Waals surface area contributed by atoms with Crippen LogP contribution in [0.3, 0.4) is 0 Å². The summed E-state index contributed by atoms with van der Waals surface area (Å²) in [5.41, 5.74) is 7.85. The highest BCUT2D eigenvalue weighted by molar-refractivity contribution is 6.31. The average molecular weight is 526 g/mol. The molecule has 194 valence electrons. The van der Waals surface area contributed by atoms with Gasteiger partial charge in [0, 0.05) is 29.9 Å². The van der Waals surface area contributed by atoms with Gasteiger partial charge in [-0.25, -0.2) is 13.9 Å². The fourth-order valence-corrected chi connectivity index (χ4v) is 5.49. The van der Waals surface area contributed by atoms with Gasteiger partial charge in [0.1, 0.15) is 34.6 Å². The first-order valence-electron chi connectivity index (χ1n) is 12.2. The molecule has 9 nitrogen and oxygen atoms in total. The number of nitrogens with two attached hydrogens (primary N) is 1. The normalized spacial score (nSPS) is 21.2. The lowest BCUT2D eigenvalue weighted by Gasteiger charge is -2.45. The number of likely N-dealkylation sites (tertiary alicyclic amines) is 1. The van der Waals surface area contributed by atoms with Gasteiger partial charge in [0.15, 0.2) is 0 Å². The van der Waals surface area contributed by atoms with Crippen molar-refractivity contribution in [3.8, 4) is 17.3 Å². The molecule has 11 heteroatoms. The SMILES string of the molecule is CC(C)(C)OC(=O)N1CC[C@]2(C1)C[C@H](n1nc(-c3cnn(Cc4cc(F)ccc4Cl)c3)c(C#N)c1N)C2. The summed E-state index contributed by atoms with van der Waals surface area (Å²) in [4.78, 5) is 14.3. The van der Waals surface area contributed by atoms with E-state index in [9.17, 15) is 14.4 Å². The molecule has 0 atom stereocenters. The van der Waals surface area contributed by atoms with Gasteiger partial charge in [0.25, 0.3) is 0 Å². The summed E-state index contributed by atoms with van der Waals surface area (Å²) < 4.78 is 22.5. The number of nitrogens with zero attached hydrogens (tertiary/aromatic N) is 6. The number of aromatic nitrogens is 4. The minimum absolute atomic E-state index is 0.0159. The lowest BCUT2D eigenvalue weighted by molar-refractivity contribution is 0.0188. The summed E-state index contributed by atoms with van der Waals surface area (Å²) in [6.45, 7) is 7.17. The smallest absolute Gasteiger partial charge is 0.410 e. The molecule has 37 heavy (non-hydrogen) atoms. The quantitative estimate of drug-likeness (QED) is 0.512. The number of carbonyl (C=O) groups is 1. The molecule has 2 aliphatic rings. The van der Waals surface area contributed by atoms with E-state index in [1.165, 1.54) is 18.2 Å². The summed E-state index contributed by atoms with van der Waals surface area (Å²) in [7, 11) is 0. The molecule has 3 aromatic rings. The first-order chi connectivity index (χ1) is 17.5. The maximum atomic E-state index is 13.6. The van der Waals surface area contributed by atoms with E-state index in [0.29, 0.717) is 46.3 Å². The highest BCUT2D eigenvalue weighted by atomic mass is 35.5. The standard InChI is InChI=1S/C26H29ClFN7O2/c1-25(2,3)37-24(36)33-7-6-26(15-33)9-19(10-26)35-23(30)20(11-29)22(32-35)17-12-31-34(14-17)13-16-8-18(28)4-5-21(16)27/h4-5,8,12,14,19H,6-7,9-10,13,15,30H2,1-3H3/t19-,26-. The molecule has 0 unspecified atom stereocenters. The summed E-state index contributed by atoms with van der Waals surface area (Å²) in [5.74, 6) is -0.0555. The zero-order valence-electron chi connectivity index (χ0n) is 21.0. The van der Waals surface area contributed by atoms with E-state index in [0.717, 1.165) is 19.3 Å². The third kappa shape index (κ3) is 4.88. The molecule has 0 radical (unpaired) electrons. The van der Waals surface area contributed by atoms with E-state index < -0.39 is 5.60 Å². The summed E-state index contributed by atoms with van der Waals surface area (Å²) in [6.07, 6.45) is 5.61. The molecule has 1 aliphatic carbocycles. The van der Waals surface area contributed by atoms with Crippen molar-refractivity contribution < 1.29 is 13.9 Å². The molecular formula is C26H29ClFN7O2. The second-order valence-corrected chi connectivity index (χ2v) is 11.4. The van der Waals surface area contributed by atoms with Crippen LogP contribution in [0, 0.1) is 22.6 Å². The number of rotatable bonds is 4. The van der Waals surface area contributed by atoms with Gasteiger partial charge in [-0.3, -0.25) is 4.68 Å². The Hall–Kier alpha value is -3.58. The van der Waals surface area contributed by atoms with Gasteiger partial charge in [0.05, 0.1) is 18.8 Å². The fourth-order valence-electron chi connectivity index (χ4n) is 5.31. The van der Waals surface area contributed by atoms with Crippen molar-refractivity contribution in [3.05, 3.63) is 52.6 Å². The fraction of sp³-hybridized carbons (Fsp3) is 0.462. The third-order valence-corrected chi connectivity index (χ3v) is 7.45. The second-order valence-electron chi connectivity index (χ2n) is 11.0. The minimum Gasteiger partial charge on any atom is -0.444 e. The molecule has 2 N–H and O–H groups in total. The molecule has 1 aromatic carbocycles. The Morgan fingerprint density at radius 2 is 2.14 bits per heavy atom. The highest BCUT2D eigenvalue weighted by Crippen LogP contribution is 2.54. The number of carbonyl (C=O) groups excluding carboxylic acids is 1. The largest absolute Gasteiger partial charge is 0.444 e. The van der Waals surface area contributed by atoms with Crippen LogP contribution in [0.15, 0.2) is 30.6 Å². The van der Waals surface area contributed by atoms with Gasteiger partial charge < -0.3 is 15.4 Å². The van der Waals surface area contributed by atoms with E-state index in [-0.39, 0.29) is 29.9 Å². The van der Waals surface area contributed by atoms with Crippen LogP contribution in [0.4, 0.5) is 15.0 Å². The predicted octanol–water partition coefficient (Wildman–Crippen LogP) is 5.00. The first kappa shape index (κ1) is 25.1. The maximum Gasteiger partial charge on any atom is 0.410 e. The monoisotopic (exact) mass is 525 g/mol. The molecule has 1 amide bonds. The maximum absolute atomic E-state index is 13.6. The van der Waals surface area contributed by atoms with Crippen LogP contribution in [0.1, 0.15) is 57.2 Å². The van der Waals surface area contributed by atoms with Crippen molar-refractivity contribution in [3.63, 3.8) is 0 Å². The zero-order valence-corrected chi connectivity index (χ0v) is 21.8. The summed E-state index contributed by atoms with van der Waals surface area (Å²) in [6, 6.07) is 6.41. The van der Waals surface area contributed by atoms with Crippen LogP contribution in [-0.4, -0.2) is 49.2 Å². The van der Waals surface area contributed by atoms with Crippen LogP contribution in [0.25, 0.3) is 11.3 Å². The molecule has 1 aliphatic heterocycles. The van der Waals surface area contributed by atoms with Gasteiger partial charge in [-0.05, 0) is 69.2 Å². The lowest BCUT2D eigenvalue weighted by atomic mass is 9.65. The number of hydrogen-bond acceptors (Lipinski definition) is 6. The molecule has 0 bridgehead atoms. The Balaban J connectivity index is 1.30. The molecule has 2 fully saturated rings. The van der Waals surface area contributed by atoms with Crippen LogP contribution >= 0.6 is 11.6 Å². The van der Waals surface area contributed by atoms with E-state index in [4.69, 9.17) is 27.2 Å². The van der Waals surface area contributed by atoms with Crippen molar-refractivity contribution in [2.75, 3.05) is 18.8 Å². The van der Waals surface area contributed by atoms with Crippen LogP contribution in [0.2, 0.25) is 5.02 Å². The molecule has 2 aromatic heterocycles. The van der Waals surface area contributed by atoms with Gasteiger partial charge in [0.2, 0.25) is 0 Å². The lowest BCUT2D eigenvalue weighted by Crippen LogP contribution is -2.43. The Morgan fingerprint density at radius 3 is 2.84 bits per heavy atom. The summed E-state index contributed by atoms with van der Waals surface area (Å²) >= 11 is 6.19. The van der Waals surface area contributed by atoms with Crippen molar-refractivity contribution in [2.45, 2.75) is 58.2 Å². The molecule has 3 heterocycles. The van der Waals surface area contributed by atoms with Gasteiger partial charge in [-0.1, -0.05) is 11.6 Å². The third-order valence-electron chi connectivity index (χ3n) is 7.08. The van der Waals surface area contributed by atoms with Crippen molar-refractivity contribution in [1.29, 1.82) is 5.26 Å². The molecule has 5 rings (SSSR count).